The highest BCUT2D eigenvalue weighted by atomic mass is 16.4. The molecule has 2 unspecified atom stereocenters. The van der Waals surface area contributed by atoms with Gasteiger partial charge >= 0.3 is 6.09 Å². The Morgan fingerprint density at radius 3 is 2.55 bits per heavy atom. The van der Waals surface area contributed by atoms with Gasteiger partial charge in [0, 0.05) is 6.54 Å². The maximum atomic E-state index is 10.6. The van der Waals surface area contributed by atoms with Gasteiger partial charge in [0.05, 0.1) is 6.04 Å². The third-order valence-electron chi connectivity index (χ3n) is 2.52. The van der Waals surface area contributed by atoms with E-state index >= 15 is 0 Å². The largest absolute Gasteiger partial charge is 0.465 e. The maximum Gasteiger partial charge on any atom is 0.407 e. The number of nitrogens with zero attached hydrogens (tertiary/aromatic N) is 1. The quantitative estimate of drug-likeness (QED) is 0.533. The van der Waals surface area contributed by atoms with Crippen molar-refractivity contribution < 1.29 is 9.90 Å². The molecule has 0 spiro atoms. The van der Waals surface area contributed by atoms with E-state index in [1.54, 1.807) is 0 Å². The predicted molar refractivity (Wildman–Crippen MR) is 40.4 cm³/mol. The molecule has 3 rings (SSSR count). The monoisotopic (exact) mass is 153 g/mol. The lowest BCUT2D eigenvalue weighted by Crippen LogP contribution is -2.47. The van der Waals surface area contributed by atoms with Gasteiger partial charge in [-0.15, -0.1) is 0 Å². The summed E-state index contributed by atoms with van der Waals surface area (Å²) in [7, 11) is 0. The number of carboxylic acid groups (broad SMARTS) is 1. The zero-order chi connectivity index (χ0) is 7.84. The maximum absolute atomic E-state index is 10.6. The van der Waals surface area contributed by atoms with Crippen LogP contribution in [0.5, 0.6) is 0 Å². The van der Waals surface area contributed by atoms with Gasteiger partial charge in [0.25, 0.3) is 0 Å². The van der Waals surface area contributed by atoms with Gasteiger partial charge in [-0.05, 0) is 18.8 Å². The topological polar surface area (TPSA) is 40.5 Å². The molecule has 2 aliphatic heterocycles. The lowest BCUT2D eigenvalue weighted by Gasteiger charge is -2.39. The Bertz CT molecular complexity index is 212. The minimum atomic E-state index is -0.774. The molecule has 0 aromatic heterocycles. The van der Waals surface area contributed by atoms with Crippen LogP contribution < -0.4 is 0 Å². The molecule has 1 fully saturated rings. The standard InChI is InChI=1S/C8H11NO2/c10-8(11)9-5-6-1-3-7(9)4-2-6/h1,3,6-7H,2,4-5H2,(H,10,11). The fourth-order valence-corrected chi connectivity index (χ4v) is 1.88. The van der Waals surface area contributed by atoms with Gasteiger partial charge in [0.1, 0.15) is 0 Å². The second kappa shape index (κ2) is 2.26. The van der Waals surface area contributed by atoms with Crippen LogP contribution in [0.3, 0.4) is 0 Å². The molecule has 0 saturated carbocycles. The summed E-state index contributed by atoms with van der Waals surface area (Å²) in [6.45, 7) is 0.705. The first-order valence-corrected chi connectivity index (χ1v) is 3.95. The SMILES string of the molecule is O=C(O)N1CC2C=CC1CC2. The Kier molecular flexibility index (Phi) is 1.37. The van der Waals surface area contributed by atoms with Crippen LogP contribution in [0.15, 0.2) is 12.2 Å². The minimum absolute atomic E-state index is 0.164. The van der Waals surface area contributed by atoms with Crippen molar-refractivity contribution in [2.45, 2.75) is 18.9 Å². The van der Waals surface area contributed by atoms with Crippen molar-refractivity contribution in [2.75, 3.05) is 6.54 Å². The Balaban J connectivity index is 2.17. The summed E-state index contributed by atoms with van der Waals surface area (Å²) in [5.41, 5.74) is 0. The van der Waals surface area contributed by atoms with Crippen LogP contribution in [0.1, 0.15) is 12.8 Å². The molecule has 11 heavy (non-hydrogen) atoms. The molecule has 2 bridgehead atoms. The van der Waals surface area contributed by atoms with Gasteiger partial charge in [-0.2, -0.15) is 0 Å². The third kappa shape index (κ3) is 1.00. The lowest BCUT2D eigenvalue weighted by atomic mass is 9.86. The first-order valence-electron chi connectivity index (χ1n) is 3.95. The molecule has 1 N–H and O–H groups in total. The fourth-order valence-electron chi connectivity index (χ4n) is 1.88. The van der Waals surface area contributed by atoms with Crippen LogP contribution in [0, 0.1) is 5.92 Å². The summed E-state index contributed by atoms with van der Waals surface area (Å²) in [6.07, 6.45) is 5.56. The molecular formula is C8H11NO2. The van der Waals surface area contributed by atoms with E-state index in [0.29, 0.717) is 12.5 Å². The highest BCUT2D eigenvalue weighted by Crippen LogP contribution is 2.28. The van der Waals surface area contributed by atoms with Gasteiger partial charge in [-0.25, -0.2) is 4.79 Å². The van der Waals surface area contributed by atoms with Crippen LogP contribution in [-0.4, -0.2) is 28.7 Å². The number of rotatable bonds is 0. The summed E-state index contributed by atoms with van der Waals surface area (Å²) >= 11 is 0. The van der Waals surface area contributed by atoms with Crippen LogP contribution in [0.25, 0.3) is 0 Å². The van der Waals surface area contributed by atoms with Gasteiger partial charge in [0.2, 0.25) is 0 Å². The summed E-state index contributed by atoms with van der Waals surface area (Å²) in [5, 5.41) is 8.75. The van der Waals surface area contributed by atoms with E-state index in [1.165, 1.54) is 4.90 Å². The highest BCUT2D eigenvalue weighted by molar-refractivity contribution is 5.66. The molecule has 1 aliphatic carbocycles. The normalized spacial score (nSPS) is 34.4. The van der Waals surface area contributed by atoms with E-state index in [2.05, 4.69) is 6.08 Å². The van der Waals surface area contributed by atoms with Gasteiger partial charge in [-0.1, -0.05) is 12.2 Å². The zero-order valence-corrected chi connectivity index (χ0v) is 6.23. The van der Waals surface area contributed by atoms with Gasteiger partial charge in [0.15, 0.2) is 0 Å². The van der Waals surface area contributed by atoms with Crippen LogP contribution in [-0.2, 0) is 0 Å². The Labute approximate surface area is 65.3 Å². The molecule has 0 aromatic rings. The molecule has 0 aromatic carbocycles. The number of hydrogen-bond donors (Lipinski definition) is 1. The lowest BCUT2D eigenvalue weighted by molar-refractivity contribution is 0.102. The van der Waals surface area contributed by atoms with Gasteiger partial charge in [-0.3, -0.25) is 0 Å². The van der Waals surface area contributed by atoms with Crippen molar-refractivity contribution in [3.63, 3.8) is 0 Å². The van der Waals surface area contributed by atoms with E-state index in [9.17, 15) is 4.79 Å². The van der Waals surface area contributed by atoms with Crippen molar-refractivity contribution in [1.29, 1.82) is 0 Å². The second-order valence-electron chi connectivity index (χ2n) is 3.22. The van der Waals surface area contributed by atoms with Crippen molar-refractivity contribution in [3.8, 4) is 0 Å². The molecule has 0 radical (unpaired) electrons. The van der Waals surface area contributed by atoms with E-state index in [1.807, 2.05) is 6.08 Å². The van der Waals surface area contributed by atoms with Gasteiger partial charge < -0.3 is 10.0 Å². The molecule has 3 aliphatic rings. The number of fused-ring (bicyclic) bond motifs is 2. The molecule has 1 saturated heterocycles. The van der Waals surface area contributed by atoms with E-state index in [-0.39, 0.29) is 6.04 Å². The first kappa shape index (κ1) is 6.70. The van der Waals surface area contributed by atoms with E-state index in [4.69, 9.17) is 5.11 Å². The van der Waals surface area contributed by atoms with Crippen molar-refractivity contribution >= 4 is 6.09 Å². The predicted octanol–water partition coefficient (Wildman–Crippen LogP) is 1.31. The molecule has 2 atom stereocenters. The fraction of sp³-hybridized carbons (Fsp3) is 0.625. The number of hydrogen-bond acceptors (Lipinski definition) is 1. The number of amides is 1. The highest BCUT2D eigenvalue weighted by Gasteiger charge is 2.32. The molecule has 2 heterocycles. The first-order chi connectivity index (χ1) is 5.27. The Hall–Kier alpha value is -0.990. The number of carbonyl (C=O) groups is 1. The van der Waals surface area contributed by atoms with E-state index in [0.717, 1.165) is 12.8 Å². The minimum Gasteiger partial charge on any atom is -0.465 e. The molecular weight excluding hydrogens is 142 g/mol. The summed E-state index contributed by atoms with van der Waals surface area (Å²) in [5.74, 6) is 0.482. The zero-order valence-electron chi connectivity index (χ0n) is 6.23. The average molecular weight is 153 g/mol. The van der Waals surface area contributed by atoms with Crippen molar-refractivity contribution in [3.05, 3.63) is 12.2 Å². The molecule has 3 nitrogen and oxygen atoms in total. The second-order valence-corrected chi connectivity index (χ2v) is 3.22. The summed E-state index contributed by atoms with van der Waals surface area (Å²) in [6, 6.07) is 0.164. The average Bonchev–Trinajstić information content (AvgIpc) is 2.06. The Morgan fingerprint density at radius 1 is 1.45 bits per heavy atom. The van der Waals surface area contributed by atoms with Crippen molar-refractivity contribution in [1.82, 2.24) is 4.90 Å². The Morgan fingerprint density at radius 2 is 2.27 bits per heavy atom. The number of piperidine rings is 1. The molecule has 3 heteroatoms. The molecule has 1 amide bonds. The summed E-state index contributed by atoms with van der Waals surface area (Å²) < 4.78 is 0. The smallest absolute Gasteiger partial charge is 0.407 e. The molecule has 60 valence electrons. The summed E-state index contributed by atoms with van der Waals surface area (Å²) in [4.78, 5) is 12.2. The third-order valence-corrected chi connectivity index (χ3v) is 2.52. The van der Waals surface area contributed by atoms with E-state index < -0.39 is 6.09 Å². The van der Waals surface area contributed by atoms with Crippen LogP contribution in [0.4, 0.5) is 4.79 Å². The van der Waals surface area contributed by atoms with Crippen molar-refractivity contribution in [2.24, 2.45) is 5.92 Å². The van der Waals surface area contributed by atoms with Crippen LogP contribution >= 0.6 is 0 Å². The van der Waals surface area contributed by atoms with Crippen LogP contribution in [0.2, 0.25) is 0 Å².